The van der Waals surface area contributed by atoms with Gasteiger partial charge in [-0.15, -0.1) is 0 Å². The number of hydrogen-bond acceptors (Lipinski definition) is 4. The molecule has 0 saturated heterocycles. The average Bonchev–Trinajstić information content (AvgIpc) is 3.23. The van der Waals surface area contributed by atoms with Crippen LogP contribution in [0, 0.1) is 6.92 Å². The second-order valence-corrected chi connectivity index (χ2v) is 6.90. The van der Waals surface area contributed by atoms with Gasteiger partial charge in [0.15, 0.2) is 5.76 Å². The molecule has 0 unspecified atom stereocenters. The number of carbonyl (C=O) groups is 1. The predicted octanol–water partition coefficient (Wildman–Crippen LogP) is 6.17. The highest BCUT2D eigenvalue weighted by molar-refractivity contribution is 6.03. The third-order valence-electron chi connectivity index (χ3n) is 4.59. The summed E-state index contributed by atoms with van der Waals surface area (Å²) in [6.07, 6.45) is 0. The summed E-state index contributed by atoms with van der Waals surface area (Å²) in [5, 5.41) is 4.70. The number of benzene rings is 3. The smallest absolute Gasteiger partial charge is 0.387 e. The fourth-order valence-corrected chi connectivity index (χ4v) is 3.10. The van der Waals surface area contributed by atoms with Gasteiger partial charge in [0.05, 0.1) is 5.69 Å². The summed E-state index contributed by atoms with van der Waals surface area (Å²) in [5.41, 5.74) is 0.848. The minimum atomic E-state index is -3.00. The molecule has 1 N–H and O–H groups in total. The van der Waals surface area contributed by atoms with Crippen LogP contribution in [0.4, 0.5) is 14.5 Å². The fraction of sp³-hybridized carbons (Fsp3) is 0.125. The third kappa shape index (κ3) is 5.01. The number of aryl methyl sites for hydroxylation is 1. The van der Waals surface area contributed by atoms with Crippen molar-refractivity contribution in [3.63, 3.8) is 0 Å². The topological polar surface area (TPSA) is 60.7 Å². The van der Waals surface area contributed by atoms with E-state index in [9.17, 15) is 13.6 Å². The summed E-state index contributed by atoms with van der Waals surface area (Å²) in [6.45, 7) is -1.13. The van der Waals surface area contributed by atoms with Crippen molar-refractivity contribution in [1.29, 1.82) is 0 Å². The molecule has 4 aromatic rings. The molecule has 0 aliphatic carbocycles. The van der Waals surface area contributed by atoms with Crippen LogP contribution in [0.5, 0.6) is 11.5 Å². The largest absolute Gasteiger partial charge is 0.486 e. The maximum absolute atomic E-state index is 12.6. The maximum Gasteiger partial charge on any atom is 0.387 e. The Morgan fingerprint density at radius 3 is 2.61 bits per heavy atom. The van der Waals surface area contributed by atoms with E-state index in [1.807, 2.05) is 42.5 Å². The van der Waals surface area contributed by atoms with Crippen LogP contribution in [0.25, 0.3) is 10.8 Å². The molecule has 4 rings (SSSR count). The summed E-state index contributed by atoms with van der Waals surface area (Å²) < 4.78 is 41.1. The van der Waals surface area contributed by atoms with Gasteiger partial charge in [0.1, 0.15) is 23.9 Å². The molecule has 7 heteroatoms. The number of ether oxygens (including phenoxy) is 2. The van der Waals surface area contributed by atoms with E-state index < -0.39 is 12.5 Å². The molecule has 0 radical (unpaired) electrons. The monoisotopic (exact) mass is 423 g/mol. The van der Waals surface area contributed by atoms with Crippen molar-refractivity contribution in [3.05, 3.63) is 89.9 Å². The highest BCUT2D eigenvalue weighted by Crippen LogP contribution is 2.28. The number of halogens is 2. The molecule has 1 heterocycles. The third-order valence-corrected chi connectivity index (χ3v) is 4.59. The predicted molar refractivity (Wildman–Crippen MR) is 113 cm³/mol. The van der Waals surface area contributed by atoms with Gasteiger partial charge in [-0.05, 0) is 59.7 Å². The number of nitrogens with one attached hydrogen (secondary N) is 1. The molecule has 3 aromatic carbocycles. The Balaban J connectivity index is 1.42. The van der Waals surface area contributed by atoms with E-state index in [1.54, 1.807) is 19.1 Å². The van der Waals surface area contributed by atoms with E-state index in [2.05, 4.69) is 10.1 Å². The van der Waals surface area contributed by atoms with E-state index in [4.69, 9.17) is 9.15 Å². The summed E-state index contributed by atoms with van der Waals surface area (Å²) in [6, 6.07) is 21.4. The molecular formula is C24H19F2NO4. The van der Waals surface area contributed by atoms with Crippen LogP contribution in [0.1, 0.15) is 21.9 Å². The Morgan fingerprint density at radius 1 is 1.00 bits per heavy atom. The summed E-state index contributed by atoms with van der Waals surface area (Å²) in [5.74, 6) is 0.455. The van der Waals surface area contributed by atoms with Gasteiger partial charge in [0.2, 0.25) is 0 Å². The molecule has 0 bridgehead atoms. The second-order valence-electron chi connectivity index (χ2n) is 6.90. The van der Waals surface area contributed by atoms with Gasteiger partial charge in [-0.25, -0.2) is 0 Å². The minimum Gasteiger partial charge on any atom is -0.486 e. The Kier molecular flexibility index (Phi) is 5.84. The Labute approximate surface area is 177 Å². The molecule has 31 heavy (non-hydrogen) atoms. The van der Waals surface area contributed by atoms with Crippen LogP contribution < -0.4 is 14.8 Å². The van der Waals surface area contributed by atoms with E-state index in [0.29, 0.717) is 11.5 Å². The molecule has 0 aliphatic rings. The van der Waals surface area contributed by atoms with Crippen LogP contribution in [-0.2, 0) is 6.61 Å². The first-order valence-electron chi connectivity index (χ1n) is 9.55. The maximum atomic E-state index is 12.6. The van der Waals surface area contributed by atoms with Crippen LogP contribution in [0.3, 0.4) is 0 Å². The van der Waals surface area contributed by atoms with Gasteiger partial charge in [0.25, 0.3) is 5.91 Å². The van der Waals surface area contributed by atoms with Crippen molar-refractivity contribution in [3.8, 4) is 11.5 Å². The zero-order chi connectivity index (χ0) is 21.8. The second kappa shape index (κ2) is 8.87. The van der Waals surface area contributed by atoms with Gasteiger partial charge in [0, 0.05) is 0 Å². The zero-order valence-corrected chi connectivity index (χ0v) is 16.6. The van der Waals surface area contributed by atoms with Gasteiger partial charge in [-0.1, -0.05) is 36.4 Å². The van der Waals surface area contributed by atoms with Crippen LogP contribution >= 0.6 is 0 Å². The van der Waals surface area contributed by atoms with Crippen LogP contribution in [0.15, 0.2) is 77.2 Å². The lowest BCUT2D eigenvalue weighted by Gasteiger charge is -2.12. The molecule has 1 aromatic heterocycles. The molecule has 1 amide bonds. The van der Waals surface area contributed by atoms with Gasteiger partial charge < -0.3 is 19.2 Å². The molecule has 0 fully saturated rings. The first-order chi connectivity index (χ1) is 15.0. The normalized spacial score (nSPS) is 11.0. The molecule has 5 nitrogen and oxygen atoms in total. The lowest BCUT2D eigenvalue weighted by atomic mass is 10.1. The SMILES string of the molecule is Cc1ccc(NC(=O)c2ccc(COc3ccc4ccccc4c3)o2)c(OC(F)F)c1. The number of anilines is 1. The highest BCUT2D eigenvalue weighted by Gasteiger charge is 2.16. The molecular weight excluding hydrogens is 404 g/mol. The van der Waals surface area contributed by atoms with Crippen LogP contribution in [0.2, 0.25) is 0 Å². The van der Waals surface area contributed by atoms with Gasteiger partial charge in [-0.2, -0.15) is 8.78 Å². The Hall–Kier alpha value is -3.87. The fourth-order valence-electron chi connectivity index (χ4n) is 3.10. The number of fused-ring (bicyclic) bond motifs is 1. The molecule has 0 atom stereocenters. The number of amides is 1. The van der Waals surface area contributed by atoms with Crippen LogP contribution in [-0.4, -0.2) is 12.5 Å². The Morgan fingerprint density at radius 2 is 1.81 bits per heavy atom. The highest BCUT2D eigenvalue weighted by atomic mass is 19.3. The van der Waals surface area contributed by atoms with Crippen molar-refractivity contribution in [1.82, 2.24) is 0 Å². The summed E-state index contributed by atoms with van der Waals surface area (Å²) >= 11 is 0. The number of hydrogen-bond donors (Lipinski definition) is 1. The van der Waals surface area contributed by atoms with E-state index in [0.717, 1.165) is 16.3 Å². The molecule has 0 spiro atoms. The lowest BCUT2D eigenvalue weighted by molar-refractivity contribution is -0.0494. The van der Waals surface area contributed by atoms with Crippen molar-refractivity contribution >= 4 is 22.4 Å². The lowest BCUT2D eigenvalue weighted by Crippen LogP contribution is -2.13. The number of furan rings is 1. The van der Waals surface area contributed by atoms with Gasteiger partial charge in [-0.3, -0.25) is 4.79 Å². The quantitative estimate of drug-likeness (QED) is 0.386. The van der Waals surface area contributed by atoms with Crippen molar-refractivity contribution in [2.24, 2.45) is 0 Å². The molecule has 0 aliphatic heterocycles. The Bertz CT molecular complexity index is 1220. The van der Waals surface area contributed by atoms with Crippen molar-refractivity contribution in [2.45, 2.75) is 20.1 Å². The van der Waals surface area contributed by atoms with Crippen molar-refractivity contribution in [2.75, 3.05) is 5.32 Å². The van der Waals surface area contributed by atoms with E-state index >= 15 is 0 Å². The minimum absolute atomic E-state index is 0.0284. The van der Waals surface area contributed by atoms with E-state index in [-0.39, 0.29) is 23.8 Å². The van der Waals surface area contributed by atoms with Gasteiger partial charge >= 0.3 is 6.61 Å². The summed E-state index contributed by atoms with van der Waals surface area (Å²) in [4.78, 5) is 12.5. The number of alkyl halides is 2. The first-order valence-corrected chi connectivity index (χ1v) is 9.55. The molecule has 158 valence electrons. The zero-order valence-electron chi connectivity index (χ0n) is 16.6. The number of rotatable bonds is 7. The first kappa shape index (κ1) is 20.4. The standard InChI is InChI=1S/C24H19F2NO4/c1-15-6-10-20(22(12-15)31-24(25)26)27-23(28)21-11-9-19(30-21)14-29-18-8-7-16-4-2-3-5-17(16)13-18/h2-13,24H,14H2,1H3,(H,27,28). The van der Waals surface area contributed by atoms with Crippen molar-refractivity contribution < 1.29 is 27.5 Å². The molecule has 0 saturated carbocycles. The average molecular weight is 423 g/mol. The van der Waals surface area contributed by atoms with E-state index in [1.165, 1.54) is 18.2 Å². The number of carbonyl (C=O) groups excluding carboxylic acids is 1. The summed E-state index contributed by atoms with van der Waals surface area (Å²) in [7, 11) is 0.